The SMILES string of the molecule is CCCOCC(O)c1ccc2c(c1)CCN2C. The first-order chi connectivity index (χ1) is 8.22. The Morgan fingerprint density at radius 2 is 2.29 bits per heavy atom. The maximum absolute atomic E-state index is 10.0. The highest BCUT2D eigenvalue weighted by atomic mass is 16.5. The van der Waals surface area contributed by atoms with E-state index in [0.29, 0.717) is 13.2 Å². The van der Waals surface area contributed by atoms with Gasteiger partial charge in [0.1, 0.15) is 6.10 Å². The predicted molar refractivity (Wildman–Crippen MR) is 69.5 cm³/mol. The van der Waals surface area contributed by atoms with Crippen LogP contribution in [0.15, 0.2) is 18.2 Å². The molecule has 0 saturated heterocycles. The molecule has 0 bridgehead atoms. The summed E-state index contributed by atoms with van der Waals surface area (Å²) in [5.74, 6) is 0. The Kier molecular flexibility index (Phi) is 4.02. The van der Waals surface area contributed by atoms with Gasteiger partial charge in [-0.15, -0.1) is 0 Å². The predicted octanol–water partition coefficient (Wildman–Crippen LogP) is 2.14. The molecule has 1 aliphatic heterocycles. The molecule has 0 radical (unpaired) electrons. The minimum atomic E-state index is -0.502. The number of likely N-dealkylation sites (N-methyl/N-ethyl adjacent to an activating group) is 1. The van der Waals surface area contributed by atoms with E-state index >= 15 is 0 Å². The van der Waals surface area contributed by atoms with Crippen LogP contribution in [0.5, 0.6) is 0 Å². The van der Waals surface area contributed by atoms with Crippen molar-refractivity contribution in [3.63, 3.8) is 0 Å². The third-order valence-corrected chi connectivity index (χ3v) is 3.24. The van der Waals surface area contributed by atoms with Gasteiger partial charge in [-0.25, -0.2) is 0 Å². The summed E-state index contributed by atoms with van der Waals surface area (Å²) < 4.78 is 5.38. The smallest absolute Gasteiger partial charge is 0.102 e. The van der Waals surface area contributed by atoms with E-state index in [0.717, 1.165) is 24.9 Å². The molecule has 1 aromatic carbocycles. The number of ether oxygens (including phenoxy) is 1. The minimum absolute atomic E-state index is 0.391. The van der Waals surface area contributed by atoms with Gasteiger partial charge in [-0.2, -0.15) is 0 Å². The van der Waals surface area contributed by atoms with Crippen molar-refractivity contribution < 1.29 is 9.84 Å². The Labute approximate surface area is 103 Å². The monoisotopic (exact) mass is 235 g/mol. The molecule has 1 aromatic rings. The van der Waals surface area contributed by atoms with Crippen LogP contribution in [-0.4, -0.2) is 31.9 Å². The molecule has 17 heavy (non-hydrogen) atoms. The number of benzene rings is 1. The Balaban J connectivity index is 2.02. The summed E-state index contributed by atoms with van der Waals surface area (Å²) >= 11 is 0. The van der Waals surface area contributed by atoms with E-state index in [1.54, 1.807) is 0 Å². The van der Waals surface area contributed by atoms with Crippen molar-refractivity contribution in [3.8, 4) is 0 Å². The lowest BCUT2D eigenvalue weighted by Crippen LogP contribution is -2.12. The summed E-state index contributed by atoms with van der Waals surface area (Å²) in [5, 5.41) is 10.0. The van der Waals surface area contributed by atoms with Crippen LogP contribution in [-0.2, 0) is 11.2 Å². The molecule has 94 valence electrons. The zero-order valence-electron chi connectivity index (χ0n) is 10.6. The standard InChI is InChI=1S/C14H21NO2/c1-3-8-17-10-14(16)12-4-5-13-11(9-12)6-7-15(13)2/h4-5,9,14,16H,3,6-8,10H2,1-2H3. The van der Waals surface area contributed by atoms with Crippen molar-refractivity contribution in [2.24, 2.45) is 0 Å². The molecule has 1 heterocycles. The normalized spacial score (nSPS) is 16.1. The van der Waals surface area contributed by atoms with Gasteiger partial charge >= 0.3 is 0 Å². The van der Waals surface area contributed by atoms with Crippen LogP contribution >= 0.6 is 0 Å². The molecule has 1 aliphatic rings. The maximum Gasteiger partial charge on any atom is 0.102 e. The highest BCUT2D eigenvalue weighted by Crippen LogP contribution is 2.29. The number of fused-ring (bicyclic) bond motifs is 1. The Morgan fingerprint density at radius 1 is 1.47 bits per heavy atom. The number of aliphatic hydroxyl groups is 1. The Hall–Kier alpha value is -1.06. The lowest BCUT2D eigenvalue weighted by Gasteiger charge is -2.15. The maximum atomic E-state index is 10.0. The largest absolute Gasteiger partial charge is 0.386 e. The lowest BCUT2D eigenvalue weighted by atomic mass is 10.0. The number of anilines is 1. The minimum Gasteiger partial charge on any atom is -0.386 e. The van der Waals surface area contributed by atoms with Gasteiger partial charge in [0.05, 0.1) is 6.61 Å². The quantitative estimate of drug-likeness (QED) is 0.794. The van der Waals surface area contributed by atoms with Gasteiger partial charge in [0.15, 0.2) is 0 Å². The van der Waals surface area contributed by atoms with Crippen molar-refractivity contribution in [1.82, 2.24) is 0 Å². The molecule has 3 nitrogen and oxygen atoms in total. The van der Waals surface area contributed by atoms with Crippen LogP contribution in [0.1, 0.15) is 30.6 Å². The average Bonchev–Trinajstić information content (AvgIpc) is 2.71. The second-order valence-electron chi connectivity index (χ2n) is 4.65. The molecule has 0 fully saturated rings. The third kappa shape index (κ3) is 2.79. The van der Waals surface area contributed by atoms with Crippen molar-refractivity contribution in [2.75, 3.05) is 31.7 Å². The zero-order chi connectivity index (χ0) is 12.3. The molecule has 1 N–H and O–H groups in total. The fourth-order valence-corrected chi connectivity index (χ4v) is 2.23. The highest BCUT2D eigenvalue weighted by Gasteiger charge is 2.17. The van der Waals surface area contributed by atoms with Gasteiger partial charge in [0.25, 0.3) is 0 Å². The summed E-state index contributed by atoms with van der Waals surface area (Å²) in [4.78, 5) is 2.25. The summed E-state index contributed by atoms with van der Waals surface area (Å²) in [5.41, 5.74) is 3.59. The molecule has 0 aromatic heterocycles. The van der Waals surface area contributed by atoms with Crippen LogP contribution in [0.3, 0.4) is 0 Å². The van der Waals surface area contributed by atoms with Gasteiger partial charge in [0, 0.05) is 25.9 Å². The number of rotatable bonds is 5. The summed E-state index contributed by atoms with van der Waals surface area (Å²) in [6, 6.07) is 6.21. The number of nitrogens with zero attached hydrogens (tertiary/aromatic N) is 1. The van der Waals surface area contributed by atoms with Gasteiger partial charge in [-0.05, 0) is 30.0 Å². The van der Waals surface area contributed by atoms with Crippen LogP contribution in [0.2, 0.25) is 0 Å². The lowest BCUT2D eigenvalue weighted by molar-refractivity contribution is 0.0363. The van der Waals surface area contributed by atoms with Crippen molar-refractivity contribution >= 4 is 5.69 Å². The van der Waals surface area contributed by atoms with Gasteiger partial charge in [-0.3, -0.25) is 0 Å². The fraction of sp³-hybridized carbons (Fsp3) is 0.571. The second-order valence-corrected chi connectivity index (χ2v) is 4.65. The first-order valence-corrected chi connectivity index (χ1v) is 6.32. The van der Waals surface area contributed by atoms with Gasteiger partial charge in [-0.1, -0.05) is 19.1 Å². The average molecular weight is 235 g/mol. The Bertz CT molecular complexity index is 378. The van der Waals surface area contributed by atoms with Crippen LogP contribution in [0, 0.1) is 0 Å². The van der Waals surface area contributed by atoms with E-state index in [4.69, 9.17) is 4.74 Å². The van der Waals surface area contributed by atoms with E-state index in [9.17, 15) is 5.11 Å². The van der Waals surface area contributed by atoms with Gasteiger partial charge in [0.2, 0.25) is 0 Å². The van der Waals surface area contributed by atoms with E-state index in [1.165, 1.54) is 11.3 Å². The summed E-state index contributed by atoms with van der Waals surface area (Å²) in [6.45, 7) is 4.24. The molecule has 0 amide bonds. The first-order valence-electron chi connectivity index (χ1n) is 6.32. The summed E-state index contributed by atoms with van der Waals surface area (Å²) in [7, 11) is 2.10. The van der Waals surface area contributed by atoms with Gasteiger partial charge < -0.3 is 14.7 Å². The number of hydrogen-bond donors (Lipinski definition) is 1. The molecule has 0 spiro atoms. The molecular formula is C14H21NO2. The van der Waals surface area contributed by atoms with E-state index in [-0.39, 0.29) is 0 Å². The van der Waals surface area contributed by atoms with Crippen LogP contribution < -0.4 is 4.90 Å². The third-order valence-electron chi connectivity index (χ3n) is 3.24. The van der Waals surface area contributed by atoms with Crippen LogP contribution in [0.4, 0.5) is 5.69 Å². The van der Waals surface area contributed by atoms with E-state index < -0.39 is 6.10 Å². The second kappa shape index (κ2) is 5.52. The molecule has 2 rings (SSSR count). The molecule has 0 aliphatic carbocycles. The van der Waals surface area contributed by atoms with Crippen molar-refractivity contribution in [3.05, 3.63) is 29.3 Å². The number of hydrogen-bond acceptors (Lipinski definition) is 3. The van der Waals surface area contributed by atoms with E-state index in [1.807, 2.05) is 6.07 Å². The first kappa shape index (κ1) is 12.4. The summed E-state index contributed by atoms with van der Waals surface area (Å²) in [6.07, 6.45) is 1.56. The van der Waals surface area contributed by atoms with Crippen molar-refractivity contribution in [1.29, 1.82) is 0 Å². The zero-order valence-corrected chi connectivity index (χ0v) is 10.6. The number of aliphatic hydroxyl groups excluding tert-OH is 1. The van der Waals surface area contributed by atoms with Crippen molar-refractivity contribution in [2.45, 2.75) is 25.9 Å². The molecule has 1 unspecified atom stereocenters. The van der Waals surface area contributed by atoms with E-state index in [2.05, 4.69) is 31.0 Å². The molecule has 0 saturated carbocycles. The molecule has 1 atom stereocenters. The molecule has 3 heteroatoms. The molecular weight excluding hydrogens is 214 g/mol. The topological polar surface area (TPSA) is 32.7 Å². The fourth-order valence-electron chi connectivity index (χ4n) is 2.23. The highest BCUT2D eigenvalue weighted by molar-refractivity contribution is 5.58. The Morgan fingerprint density at radius 3 is 3.06 bits per heavy atom. The van der Waals surface area contributed by atoms with Crippen LogP contribution in [0.25, 0.3) is 0 Å².